The number of halogens is 1. The number of hydrogen-bond donors (Lipinski definition) is 0. The van der Waals surface area contributed by atoms with E-state index in [-0.39, 0.29) is 0 Å². The van der Waals surface area contributed by atoms with E-state index >= 15 is 0 Å². The topological polar surface area (TPSA) is 30.7 Å². The van der Waals surface area contributed by atoms with Crippen LogP contribution in [0.4, 0.5) is 0 Å². The summed E-state index contributed by atoms with van der Waals surface area (Å²) in [4.78, 5) is 9.11. The highest BCUT2D eigenvalue weighted by Crippen LogP contribution is 2.35. The van der Waals surface area contributed by atoms with E-state index in [2.05, 4.69) is 40.7 Å². The molecule has 3 aromatic rings. The lowest BCUT2D eigenvalue weighted by Crippen LogP contribution is -1.93. The van der Waals surface area contributed by atoms with Crippen LogP contribution in [0.3, 0.4) is 0 Å². The highest BCUT2D eigenvalue weighted by molar-refractivity contribution is 7.99. The summed E-state index contributed by atoms with van der Waals surface area (Å²) in [6.45, 7) is 4.18. The van der Waals surface area contributed by atoms with Gasteiger partial charge in [0.05, 0.1) is 5.02 Å². The summed E-state index contributed by atoms with van der Waals surface area (Å²) in [7, 11) is 2.03. The summed E-state index contributed by atoms with van der Waals surface area (Å²) in [5.41, 5.74) is 3.45. The summed E-state index contributed by atoms with van der Waals surface area (Å²) in [6.07, 6.45) is 2.71. The largest absolute Gasteiger partial charge is 0.326 e. The second-order valence-electron chi connectivity index (χ2n) is 5.34. The summed E-state index contributed by atoms with van der Waals surface area (Å²) in [5.74, 6) is 0.982. The predicted octanol–water partition coefficient (Wildman–Crippen LogP) is 5.16. The Morgan fingerprint density at radius 3 is 2.48 bits per heavy atom. The quantitative estimate of drug-likeness (QED) is 0.655. The van der Waals surface area contributed by atoms with E-state index in [9.17, 15) is 0 Å². The maximum atomic E-state index is 5.92. The average molecular weight is 344 g/mol. The van der Waals surface area contributed by atoms with Crippen molar-refractivity contribution in [2.45, 2.75) is 30.3 Å². The van der Waals surface area contributed by atoms with Gasteiger partial charge in [-0.15, -0.1) is 0 Å². The molecule has 2 heterocycles. The number of aromatic nitrogens is 3. The Bertz CT molecular complexity index is 808. The van der Waals surface area contributed by atoms with Crippen molar-refractivity contribution >= 4 is 23.4 Å². The zero-order chi connectivity index (χ0) is 16.4. The minimum Gasteiger partial charge on any atom is -0.326 e. The van der Waals surface area contributed by atoms with E-state index in [4.69, 9.17) is 16.6 Å². The van der Waals surface area contributed by atoms with Crippen LogP contribution in [0.2, 0.25) is 5.02 Å². The monoisotopic (exact) mass is 343 g/mol. The molecular weight excluding hydrogens is 326 g/mol. The van der Waals surface area contributed by atoms with Gasteiger partial charge < -0.3 is 4.57 Å². The minimum atomic E-state index is 0.644. The van der Waals surface area contributed by atoms with E-state index in [1.807, 2.05) is 26.1 Å². The second-order valence-corrected chi connectivity index (χ2v) is 6.78. The fourth-order valence-electron chi connectivity index (χ4n) is 2.32. The molecule has 0 fully saturated rings. The number of rotatable bonds is 4. The van der Waals surface area contributed by atoms with E-state index in [0.717, 1.165) is 33.6 Å². The number of imidazole rings is 1. The van der Waals surface area contributed by atoms with Crippen LogP contribution in [0.5, 0.6) is 0 Å². The Morgan fingerprint density at radius 1 is 1.13 bits per heavy atom. The summed E-state index contributed by atoms with van der Waals surface area (Å²) in [6, 6.07) is 12.4. The van der Waals surface area contributed by atoms with Crippen LogP contribution >= 0.6 is 23.4 Å². The van der Waals surface area contributed by atoms with E-state index in [0.29, 0.717) is 5.02 Å². The molecule has 0 aliphatic rings. The van der Waals surface area contributed by atoms with Crippen LogP contribution in [-0.4, -0.2) is 14.5 Å². The molecule has 5 heteroatoms. The molecule has 0 saturated heterocycles. The first kappa shape index (κ1) is 16.1. The maximum absolute atomic E-state index is 5.92. The number of pyridine rings is 1. The lowest BCUT2D eigenvalue weighted by molar-refractivity contribution is 0.785. The van der Waals surface area contributed by atoms with Crippen molar-refractivity contribution in [2.75, 3.05) is 0 Å². The normalized spacial score (nSPS) is 11.0. The van der Waals surface area contributed by atoms with Crippen molar-refractivity contribution in [3.63, 3.8) is 0 Å². The highest BCUT2D eigenvalue weighted by Gasteiger charge is 2.16. The third kappa shape index (κ3) is 3.43. The van der Waals surface area contributed by atoms with Crippen molar-refractivity contribution < 1.29 is 0 Å². The van der Waals surface area contributed by atoms with Gasteiger partial charge in [0.1, 0.15) is 21.6 Å². The molecule has 0 bridgehead atoms. The van der Waals surface area contributed by atoms with Crippen molar-refractivity contribution in [2.24, 2.45) is 7.05 Å². The third-order valence-electron chi connectivity index (χ3n) is 3.80. The van der Waals surface area contributed by atoms with Crippen molar-refractivity contribution in [3.8, 4) is 11.3 Å². The lowest BCUT2D eigenvalue weighted by atomic mass is 10.1. The van der Waals surface area contributed by atoms with Gasteiger partial charge in [-0.05, 0) is 42.8 Å². The highest BCUT2D eigenvalue weighted by atomic mass is 35.5. The third-order valence-corrected chi connectivity index (χ3v) is 5.14. The van der Waals surface area contributed by atoms with E-state index in [1.54, 1.807) is 18.0 Å². The molecule has 0 aliphatic heterocycles. The summed E-state index contributed by atoms with van der Waals surface area (Å²) >= 11 is 7.52. The number of benzene rings is 1. The van der Waals surface area contributed by atoms with Gasteiger partial charge in [-0.25, -0.2) is 9.97 Å². The SMILES string of the molecule is CCc1ccc(-c2nc(C)n(C)c2Sc2ccc(Cl)cn2)cc1. The Hall–Kier alpha value is -1.78. The minimum absolute atomic E-state index is 0.644. The zero-order valence-electron chi connectivity index (χ0n) is 13.4. The molecule has 0 atom stereocenters. The van der Waals surface area contributed by atoms with Crippen LogP contribution in [0, 0.1) is 6.92 Å². The summed E-state index contributed by atoms with van der Waals surface area (Å²) in [5, 5.41) is 2.64. The molecule has 1 aromatic carbocycles. The molecule has 0 spiro atoms. The van der Waals surface area contributed by atoms with Crippen LogP contribution in [0.15, 0.2) is 52.6 Å². The molecule has 0 aliphatic carbocycles. The standard InChI is InChI=1S/C18H18ClN3S/c1-4-13-5-7-14(8-6-13)17-18(22(3)12(2)21-17)23-16-10-9-15(19)11-20-16/h5-11H,4H2,1-3H3. The Labute approximate surface area is 145 Å². The fourth-order valence-corrected chi connectivity index (χ4v) is 3.40. The van der Waals surface area contributed by atoms with Gasteiger partial charge in [0.15, 0.2) is 0 Å². The fraction of sp³-hybridized carbons (Fsp3) is 0.222. The first-order chi connectivity index (χ1) is 11.1. The van der Waals surface area contributed by atoms with Gasteiger partial charge in [-0.3, -0.25) is 0 Å². The number of hydrogen-bond acceptors (Lipinski definition) is 3. The first-order valence-electron chi connectivity index (χ1n) is 7.50. The van der Waals surface area contributed by atoms with Gasteiger partial charge in [0.2, 0.25) is 0 Å². The molecule has 118 valence electrons. The Kier molecular flexibility index (Phi) is 4.74. The molecule has 0 amide bonds. The van der Waals surface area contributed by atoms with Crippen LogP contribution in [0.25, 0.3) is 11.3 Å². The molecule has 0 N–H and O–H groups in total. The van der Waals surface area contributed by atoms with Gasteiger partial charge in [-0.1, -0.05) is 42.8 Å². The smallest absolute Gasteiger partial charge is 0.109 e. The van der Waals surface area contributed by atoms with E-state index < -0.39 is 0 Å². The van der Waals surface area contributed by atoms with Crippen molar-refractivity contribution in [1.82, 2.24) is 14.5 Å². The lowest BCUT2D eigenvalue weighted by Gasteiger charge is -2.07. The molecule has 3 nitrogen and oxygen atoms in total. The molecule has 2 aromatic heterocycles. The zero-order valence-corrected chi connectivity index (χ0v) is 14.9. The van der Waals surface area contributed by atoms with Crippen molar-refractivity contribution in [1.29, 1.82) is 0 Å². The number of nitrogens with zero attached hydrogens (tertiary/aromatic N) is 3. The molecular formula is C18H18ClN3S. The van der Waals surface area contributed by atoms with E-state index in [1.165, 1.54) is 5.56 Å². The average Bonchev–Trinajstić information content (AvgIpc) is 2.85. The van der Waals surface area contributed by atoms with Crippen LogP contribution < -0.4 is 0 Å². The van der Waals surface area contributed by atoms with Gasteiger partial charge in [0.25, 0.3) is 0 Å². The first-order valence-corrected chi connectivity index (χ1v) is 8.70. The second kappa shape index (κ2) is 6.77. The van der Waals surface area contributed by atoms with Crippen LogP contribution in [0.1, 0.15) is 18.3 Å². The molecule has 3 rings (SSSR count). The van der Waals surface area contributed by atoms with Gasteiger partial charge in [-0.2, -0.15) is 0 Å². The molecule has 0 saturated carbocycles. The molecule has 23 heavy (non-hydrogen) atoms. The van der Waals surface area contributed by atoms with Gasteiger partial charge in [0, 0.05) is 18.8 Å². The number of aryl methyl sites for hydroxylation is 2. The predicted molar refractivity (Wildman–Crippen MR) is 96.1 cm³/mol. The maximum Gasteiger partial charge on any atom is 0.109 e. The Balaban J connectivity index is 2.00. The van der Waals surface area contributed by atoms with Crippen LogP contribution in [-0.2, 0) is 13.5 Å². The molecule has 0 unspecified atom stereocenters. The molecule has 0 radical (unpaired) electrons. The van der Waals surface area contributed by atoms with Crippen molar-refractivity contribution in [3.05, 3.63) is 59.0 Å². The van der Waals surface area contributed by atoms with Gasteiger partial charge >= 0.3 is 0 Å². The summed E-state index contributed by atoms with van der Waals surface area (Å²) < 4.78 is 2.10. The Morgan fingerprint density at radius 2 is 1.87 bits per heavy atom.